The van der Waals surface area contributed by atoms with Crippen molar-refractivity contribution in [3.05, 3.63) is 41.9 Å². The number of hydrogen-bond donors (Lipinski definition) is 0. The number of ether oxygens (including phenoxy) is 1. The third-order valence-electron chi connectivity index (χ3n) is 4.92. The summed E-state index contributed by atoms with van der Waals surface area (Å²) in [5.41, 5.74) is 0. The molecule has 0 aliphatic carbocycles. The summed E-state index contributed by atoms with van der Waals surface area (Å²) < 4.78 is 12.5. The highest BCUT2D eigenvalue weighted by molar-refractivity contribution is 5.86. The molecule has 3 rings (SSSR count). The molecule has 130 valence electrons. The second kappa shape index (κ2) is 7.21. The summed E-state index contributed by atoms with van der Waals surface area (Å²) in [7, 11) is 3.41. The van der Waals surface area contributed by atoms with E-state index in [4.69, 9.17) is 9.15 Å². The van der Waals surface area contributed by atoms with Crippen molar-refractivity contribution in [1.82, 2.24) is 14.5 Å². The average molecular weight is 331 g/mol. The molecule has 0 radical (unpaired) electrons. The second-order valence-corrected chi connectivity index (χ2v) is 6.53. The van der Waals surface area contributed by atoms with Gasteiger partial charge in [0.05, 0.1) is 13.2 Å². The lowest BCUT2D eigenvalue weighted by Crippen LogP contribution is -2.38. The molecule has 1 fully saturated rings. The highest BCUT2D eigenvalue weighted by Gasteiger charge is 2.27. The van der Waals surface area contributed by atoms with Gasteiger partial charge in [0.1, 0.15) is 11.6 Å². The molecule has 0 unspecified atom stereocenters. The van der Waals surface area contributed by atoms with Crippen LogP contribution in [0.3, 0.4) is 0 Å². The number of carbonyl (C=O) groups is 1. The number of carbonyl (C=O) groups excluding carboxylic acids is 1. The van der Waals surface area contributed by atoms with Crippen LogP contribution in [0, 0.1) is 5.92 Å². The first kappa shape index (κ1) is 16.8. The molecule has 1 saturated heterocycles. The molecule has 1 aliphatic heterocycles. The lowest BCUT2D eigenvalue weighted by atomic mass is 9.93. The summed E-state index contributed by atoms with van der Waals surface area (Å²) in [6.45, 7) is 4.19. The molecular formula is C18H25N3O3. The van der Waals surface area contributed by atoms with Crippen molar-refractivity contribution in [2.45, 2.75) is 32.2 Å². The molecule has 2 aromatic heterocycles. The van der Waals surface area contributed by atoms with Gasteiger partial charge in [0.2, 0.25) is 5.76 Å². The van der Waals surface area contributed by atoms with E-state index in [-0.39, 0.29) is 11.8 Å². The molecule has 1 aliphatic rings. The summed E-state index contributed by atoms with van der Waals surface area (Å²) in [6, 6.07) is 3.71. The molecule has 6 nitrogen and oxygen atoms in total. The van der Waals surface area contributed by atoms with Crippen molar-refractivity contribution in [3.8, 4) is 0 Å². The molecule has 2 aromatic rings. The molecule has 0 spiro atoms. The van der Waals surface area contributed by atoms with Gasteiger partial charge in [-0.3, -0.25) is 4.90 Å². The van der Waals surface area contributed by atoms with Crippen molar-refractivity contribution >= 4 is 5.97 Å². The van der Waals surface area contributed by atoms with Crippen LogP contribution in [0.2, 0.25) is 0 Å². The predicted octanol–water partition coefficient (Wildman–Crippen LogP) is 2.82. The fraction of sp³-hybridized carbons (Fsp3) is 0.556. The van der Waals surface area contributed by atoms with Gasteiger partial charge in [-0.15, -0.1) is 0 Å². The number of hydrogen-bond acceptors (Lipinski definition) is 5. The van der Waals surface area contributed by atoms with E-state index in [2.05, 4.69) is 21.4 Å². The van der Waals surface area contributed by atoms with E-state index in [1.54, 1.807) is 6.07 Å². The number of imidazole rings is 1. The van der Waals surface area contributed by atoms with Crippen LogP contribution in [-0.2, 0) is 18.2 Å². The van der Waals surface area contributed by atoms with Gasteiger partial charge in [0.25, 0.3) is 0 Å². The van der Waals surface area contributed by atoms with Gasteiger partial charge in [-0.2, -0.15) is 0 Å². The first-order valence-corrected chi connectivity index (χ1v) is 8.46. The first-order valence-electron chi connectivity index (χ1n) is 8.46. The number of esters is 1. The molecule has 0 saturated carbocycles. The Morgan fingerprint density at radius 1 is 1.50 bits per heavy atom. The Hall–Kier alpha value is -2.08. The minimum absolute atomic E-state index is 0.146. The van der Waals surface area contributed by atoms with E-state index in [0.29, 0.717) is 5.92 Å². The first-order chi connectivity index (χ1) is 11.6. The number of aromatic nitrogens is 2. The smallest absolute Gasteiger partial charge is 0.373 e. The van der Waals surface area contributed by atoms with Crippen LogP contribution in [0.15, 0.2) is 28.9 Å². The monoisotopic (exact) mass is 331 g/mol. The normalized spacial score (nSPS) is 20.0. The number of nitrogens with zero attached hydrogens (tertiary/aromatic N) is 3. The molecule has 0 bridgehead atoms. The number of likely N-dealkylation sites (tertiary alicyclic amines) is 1. The van der Waals surface area contributed by atoms with Gasteiger partial charge in [-0.05, 0) is 44.4 Å². The molecule has 0 aromatic carbocycles. The average Bonchev–Trinajstić information content (AvgIpc) is 3.24. The fourth-order valence-electron chi connectivity index (χ4n) is 3.43. The van der Waals surface area contributed by atoms with Gasteiger partial charge in [0.15, 0.2) is 0 Å². The van der Waals surface area contributed by atoms with Crippen LogP contribution >= 0.6 is 0 Å². The van der Waals surface area contributed by atoms with Gasteiger partial charge in [-0.1, -0.05) is 0 Å². The van der Waals surface area contributed by atoms with Crippen LogP contribution in [-0.4, -0.2) is 40.6 Å². The number of piperidine rings is 1. The van der Waals surface area contributed by atoms with Crippen molar-refractivity contribution < 1.29 is 13.9 Å². The highest BCUT2D eigenvalue weighted by atomic mass is 16.5. The zero-order valence-corrected chi connectivity index (χ0v) is 14.6. The Labute approximate surface area is 142 Å². The van der Waals surface area contributed by atoms with Gasteiger partial charge < -0.3 is 13.7 Å². The predicted molar refractivity (Wildman–Crippen MR) is 89.7 cm³/mol. The maximum Gasteiger partial charge on any atom is 0.373 e. The second-order valence-electron chi connectivity index (χ2n) is 6.53. The van der Waals surface area contributed by atoms with Gasteiger partial charge in [0, 0.05) is 32.4 Å². The maximum absolute atomic E-state index is 11.5. The van der Waals surface area contributed by atoms with Crippen molar-refractivity contribution in [2.24, 2.45) is 13.0 Å². The van der Waals surface area contributed by atoms with Crippen LogP contribution in [0.25, 0.3) is 0 Å². The molecule has 0 amide bonds. The third kappa shape index (κ3) is 3.53. The van der Waals surface area contributed by atoms with E-state index < -0.39 is 5.97 Å². The van der Waals surface area contributed by atoms with Gasteiger partial charge >= 0.3 is 5.97 Å². The Bertz CT molecular complexity index is 691. The SMILES string of the molecule is COC(=O)c1ccc([C@@H](C)N2CCC[C@H](Cc3nccn3C)C2)o1. The Morgan fingerprint density at radius 2 is 2.33 bits per heavy atom. The quantitative estimate of drug-likeness (QED) is 0.789. The number of furan rings is 1. The van der Waals surface area contributed by atoms with E-state index in [1.807, 2.05) is 25.5 Å². The summed E-state index contributed by atoms with van der Waals surface area (Å²) in [5, 5.41) is 0. The summed E-state index contributed by atoms with van der Waals surface area (Å²) in [4.78, 5) is 18.4. The minimum atomic E-state index is -0.431. The van der Waals surface area contributed by atoms with Crippen LogP contribution in [0.4, 0.5) is 0 Å². The third-order valence-corrected chi connectivity index (χ3v) is 4.92. The Balaban J connectivity index is 1.64. The summed E-state index contributed by atoms with van der Waals surface area (Å²) in [6.07, 6.45) is 7.25. The van der Waals surface area contributed by atoms with E-state index in [0.717, 1.165) is 31.1 Å². The standard InChI is InChI=1S/C18H25N3O3/c1-13(15-6-7-16(24-15)18(22)23-3)21-9-4-5-14(12-21)11-17-19-8-10-20(17)2/h6-8,10,13-14H,4-5,9,11-12H2,1-3H3/t13-,14-/m1/s1. The number of methoxy groups -OCH3 is 1. The van der Waals surface area contributed by atoms with E-state index in [9.17, 15) is 4.79 Å². The fourth-order valence-corrected chi connectivity index (χ4v) is 3.43. The molecular weight excluding hydrogens is 306 g/mol. The number of aryl methyl sites for hydroxylation is 1. The Morgan fingerprint density at radius 3 is 3.04 bits per heavy atom. The lowest BCUT2D eigenvalue weighted by molar-refractivity contribution is 0.0555. The van der Waals surface area contributed by atoms with E-state index >= 15 is 0 Å². The highest BCUT2D eigenvalue weighted by Crippen LogP contribution is 2.29. The number of rotatable bonds is 5. The largest absolute Gasteiger partial charge is 0.463 e. The Kier molecular flexibility index (Phi) is 5.04. The topological polar surface area (TPSA) is 60.5 Å². The molecule has 6 heteroatoms. The summed E-state index contributed by atoms with van der Waals surface area (Å²) in [5.74, 6) is 2.38. The van der Waals surface area contributed by atoms with E-state index in [1.165, 1.54) is 20.0 Å². The maximum atomic E-state index is 11.5. The molecule has 24 heavy (non-hydrogen) atoms. The summed E-state index contributed by atoms with van der Waals surface area (Å²) >= 11 is 0. The van der Waals surface area contributed by atoms with Crippen molar-refractivity contribution in [1.29, 1.82) is 0 Å². The zero-order valence-electron chi connectivity index (χ0n) is 14.6. The van der Waals surface area contributed by atoms with Crippen molar-refractivity contribution in [2.75, 3.05) is 20.2 Å². The minimum Gasteiger partial charge on any atom is -0.463 e. The lowest BCUT2D eigenvalue weighted by Gasteiger charge is -2.36. The van der Waals surface area contributed by atoms with Gasteiger partial charge in [-0.25, -0.2) is 9.78 Å². The van der Waals surface area contributed by atoms with Crippen molar-refractivity contribution in [3.63, 3.8) is 0 Å². The molecule has 3 heterocycles. The van der Waals surface area contributed by atoms with Crippen LogP contribution < -0.4 is 0 Å². The van der Waals surface area contributed by atoms with Crippen LogP contribution in [0.5, 0.6) is 0 Å². The molecule has 2 atom stereocenters. The molecule has 0 N–H and O–H groups in total. The zero-order chi connectivity index (χ0) is 17.1. The van der Waals surface area contributed by atoms with Crippen LogP contribution in [0.1, 0.15) is 47.9 Å².